The third-order valence-corrected chi connectivity index (χ3v) is 2.22. The maximum absolute atomic E-state index is 11.7. The van der Waals surface area contributed by atoms with Crippen LogP contribution in [-0.4, -0.2) is 25.0 Å². The summed E-state index contributed by atoms with van der Waals surface area (Å²) in [7, 11) is 1.27. The Morgan fingerprint density at radius 2 is 2.12 bits per heavy atom. The number of halogens is 1. The molecule has 0 aliphatic rings. The van der Waals surface area contributed by atoms with Gasteiger partial charge in [0.25, 0.3) is 5.91 Å². The molecule has 86 valence electrons. The van der Waals surface area contributed by atoms with Gasteiger partial charge in [-0.2, -0.15) is 0 Å². The Bertz CT molecular complexity index is 406. The summed E-state index contributed by atoms with van der Waals surface area (Å²) in [6.07, 6.45) is 0. The average molecular weight is 242 g/mol. The van der Waals surface area contributed by atoms with Crippen LogP contribution in [0.15, 0.2) is 24.3 Å². The van der Waals surface area contributed by atoms with E-state index in [0.717, 1.165) is 0 Å². The van der Waals surface area contributed by atoms with Crippen molar-refractivity contribution in [2.75, 3.05) is 7.11 Å². The summed E-state index contributed by atoms with van der Waals surface area (Å²) in [5.74, 6) is -0.851. The van der Waals surface area contributed by atoms with Crippen LogP contribution in [0.3, 0.4) is 0 Å². The van der Waals surface area contributed by atoms with Crippen LogP contribution in [0, 0.1) is 0 Å². The molecule has 1 aromatic rings. The van der Waals surface area contributed by atoms with E-state index in [9.17, 15) is 9.59 Å². The van der Waals surface area contributed by atoms with E-state index in [1.165, 1.54) is 13.2 Å². The van der Waals surface area contributed by atoms with Crippen molar-refractivity contribution in [3.63, 3.8) is 0 Å². The fourth-order valence-electron chi connectivity index (χ4n) is 1.15. The summed E-state index contributed by atoms with van der Waals surface area (Å²) in [5, 5.41) is 2.97. The van der Waals surface area contributed by atoms with Gasteiger partial charge in [-0.05, 0) is 25.1 Å². The minimum atomic E-state index is -0.684. The minimum Gasteiger partial charge on any atom is -0.467 e. The smallest absolute Gasteiger partial charge is 0.328 e. The SMILES string of the molecule is COC(=O)C(C)NC(=O)c1cccc(Cl)c1. The van der Waals surface area contributed by atoms with Gasteiger partial charge in [0.15, 0.2) is 0 Å². The first-order valence-electron chi connectivity index (χ1n) is 4.69. The van der Waals surface area contributed by atoms with Crippen molar-refractivity contribution in [3.05, 3.63) is 34.9 Å². The van der Waals surface area contributed by atoms with E-state index in [1.54, 1.807) is 25.1 Å². The van der Waals surface area contributed by atoms with Crippen LogP contribution in [0.4, 0.5) is 0 Å². The quantitative estimate of drug-likeness (QED) is 0.819. The number of rotatable bonds is 3. The Morgan fingerprint density at radius 3 is 2.69 bits per heavy atom. The summed E-state index contributed by atoms with van der Waals surface area (Å²) >= 11 is 5.74. The highest BCUT2D eigenvalue weighted by atomic mass is 35.5. The molecule has 0 aliphatic heterocycles. The van der Waals surface area contributed by atoms with Crippen LogP contribution in [0.2, 0.25) is 5.02 Å². The van der Waals surface area contributed by atoms with Gasteiger partial charge in [-0.25, -0.2) is 4.79 Å². The molecule has 1 unspecified atom stereocenters. The third kappa shape index (κ3) is 3.24. The molecule has 5 heteroatoms. The zero-order chi connectivity index (χ0) is 12.1. The van der Waals surface area contributed by atoms with E-state index in [4.69, 9.17) is 11.6 Å². The van der Waals surface area contributed by atoms with Gasteiger partial charge in [0, 0.05) is 10.6 Å². The average Bonchev–Trinajstić information content (AvgIpc) is 2.27. The van der Waals surface area contributed by atoms with Crippen LogP contribution in [0.1, 0.15) is 17.3 Å². The van der Waals surface area contributed by atoms with E-state index in [1.807, 2.05) is 0 Å². The van der Waals surface area contributed by atoms with Crippen molar-refractivity contribution in [1.82, 2.24) is 5.32 Å². The molecule has 0 aliphatic carbocycles. The van der Waals surface area contributed by atoms with Crippen molar-refractivity contribution in [3.8, 4) is 0 Å². The molecule has 1 N–H and O–H groups in total. The minimum absolute atomic E-state index is 0.361. The maximum Gasteiger partial charge on any atom is 0.328 e. The zero-order valence-corrected chi connectivity index (χ0v) is 9.75. The molecule has 16 heavy (non-hydrogen) atoms. The predicted octanol–water partition coefficient (Wildman–Crippen LogP) is 1.63. The van der Waals surface area contributed by atoms with Crippen molar-refractivity contribution in [2.24, 2.45) is 0 Å². The standard InChI is InChI=1S/C11H12ClNO3/c1-7(11(15)16-2)13-10(14)8-4-3-5-9(12)6-8/h3-7H,1-2H3,(H,13,14). The second-order valence-electron chi connectivity index (χ2n) is 3.23. The van der Waals surface area contributed by atoms with E-state index in [2.05, 4.69) is 10.1 Å². The van der Waals surface area contributed by atoms with Crippen molar-refractivity contribution < 1.29 is 14.3 Å². The second-order valence-corrected chi connectivity index (χ2v) is 3.67. The lowest BCUT2D eigenvalue weighted by Crippen LogP contribution is -2.39. The lowest BCUT2D eigenvalue weighted by molar-refractivity contribution is -0.142. The number of benzene rings is 1. The van der Waals surface area contributed by atoms with Crippen LogP contribution in [0.5, 0.6) is 0 Å². The molecular weight excluding hydrogens is 230 g/mol. The first-order valence-corrected chi connectivity index (χ1v) is 5.06. The lowest BCUT2D eigenvalue weighted by Gasteiger charge is -2.11. The van der Waals surface area contributed by atoms with Crippen LogP contribution in [-0.2, 0) is 9.53 Å². The monoisotopic (exact) mass is 241 g/mol. The fourth-order valence-corrected chi connectivity index (χ4v) is 1.34. The van der Waals surface area contributed by atoms with Gasteiger partial charge < -0.3 is 10.1 Å². The molecule has 0 saturated heterocycles. The number of amides is 1. The van der Waals surface area contributed by atoms with E-state index < -0.39 is 12.0 Å². The molecule has 4 nitrogen and oxygen atoms in total. The Kier molecular flexibility index (Phi) is 4.31. The van der Waals surface area contributed by atoms with Crippen molar-refractivity contribution >= 4 is 23.5 Å². The summed E-state index contributed by atoms with van der Waals surface area (Å²) < 4.78 is 4.49. The Hall–Kier alpha value is -1.55. The van der Waals surface area contributed by atoms with Crippen LogP contribution in [0.25, 0.3) is 0 Å². The summed E-state index contributed by atoms with van der Waals surface area (Å²) in [4.78, 5) is 22.7. The van der Waals surface area contributed by atoms with Gasteiger partial charge in [0.05, 0.1) is 7.11 Å². The fraction of sp³-hybridized carbons (Fsp3) is 0.273. The van der Waals surface area contributed by atoms with E-state index in [-0.39, 0.29) is 5.91 Å². The van der Waals surface area contributed by atoms with Gasteiger partial charge in [0.2, 0.25) is 0 Å². The Balaban J connectivity index is 2.69. The summed E-state index contributed by atoms with van der Waals surface area (Å²) in [6.45, 7) is 1.55. The first kappa shape index (κ1) is 12.5. The summed E-state index contributed by atoms with van der Waals surface area (Å²) in [6, 6.07) is 5.80. The molecule has 0 fully saturated rings. The maximum atomic E-state index is 11.7. The molecular formula is C11H12ClNO3. The number of esters is 1. The molecule has 1 atom stereocenters. The highest BCUT2D eigenvalue weighted by Gasteiger charge is 2.16. The highest BCUT2D eigenvalue weighted by Crippen LogP contribution is 2.10. The molecule has 0 heterocycles. The van der Waals surface area contributed by atoms with Crippen molar-refractivity contribution in [2.45, 2.75) is 13.0 Å². The molecule has 0 bridgehead atoms. The molecule has 0 aromatic heterocycles. The van der Waals surface area contributed by atoms with Gasteiger partial charge in [-0.15, -0.1) is 0 Å². The predicted molar refractivity (Wildman–Crippen MR) is 60.4 cm³/mol. The lowest BCUT2D eigenvalue weighted by atomic mass is 10.2. The van der Waals surface area contributed by atoms with Gasteiger partial charge in [-0.3, -0.25) is 4.79 Å². The summed E-state index contributed by atoms with van der Waals surface area (Å²) in [5.41, 5.74) is 0.406. The highest BCUT2D eigenvalue weighted by molar-refractivity contribution is 6.30. The first-order chi connectivity index (χ1) is 7.54. The topological polar surface area (TPSA) is 55.4 Å². The normalized spacial score (nSPS) is 11.7. The number of hydrogen-bond acceptors (Lipinski definition) is 3. The van der Waals surface area contributed by atoms with E-state index in [0.29, 0.717) is 10.6 Å². The Morgan fingerprint density at radius 1 is 1.44 bits per heavy atom. The molecule has 1 aromatic carbocycles. The molecule has 0 radical (unpaired) electrons. The number of hydrogen-bond donors (Lipinski definition) is 1. The van der Waals surface area contributed by atoms with Gasteiger partial charge in [-0.1, -0.05) is 17.7 Å². The number of methoxy groups -OCH3 is 1. The number of ether oxygens (including phenoxy) is 1. The van der Waals surface area contributed by atoms with E-state index >= 15 is 0 Å². The van der Waals surface area contributed by atoms with Gasteiger partial charge >= 0.3 is 5.97 Å². The molecule has 0 spiro atoms. The van der Waals surface area contributed by atoms with Gasteiger partial charge in [0.1, 0.15) is 6.04 Å². The number of carbonyl (C=O) groups excluding carboxylic acids is 2. The Labute approximate surface area is 98.5 Å². The largest absolute Gasteiger partial charge is 0.467 e. The third-order valence-electron chi connectivity index (χ3n) is 1.99. The van der Waals surface area contributed by atoms with Crippen molar-refractivity contribution in [1.29, 1.82) is 0 Å². The number of nitrogens with one attached hydrogen (secondary N) is 1. The molecule has 0 saturated carbocycles. The molecule has 1 rings (SSSR count). The number of carbonyl (C=O) groups is 2. The van der Waals surface area contributed by atoms with Crippen LogP contribution >= 0.6 is 11.6 Å². The second kappa shape index (κ2) is 5.51. The zero-order valence-electron chi connectivity index (χ0n) is 8.99. The molecule has 1 amide bonds. The van der Waals surface area contributed by atoms with Crippen LogP contribution < -0.4 is 5.32 Å².